The summed E-state index contributed by atoms with van der Waals surface area (Å²) in [5, 5.41) is 7.00. The van der Waals surface area contributed by atoms with Crippen molar-refractivity contribution in [3.8, 4) is 0 Å². The van der Waals surface area contributed by atoms with Crippen LogP contribution in [0.25, 0.3) is 0 Å². The fourth-order valence-corrected chi connectivity index (χ4v) is 0.203. The van der Waals surface area contributed by atoms with Gasteiger partial charge in [-0.1, -0.05) is 104 Å². The molecule has 0 aromatic heterocycles. The van der Waals surface area contributed by atoms with Crippen LogP contribution in [0.3, 0.4) is 0 Å². The van der Waals surface area contributed by atoms with Crippen molar-refractivity contribution in [3.63, 3.8) is 0 Å². The van der Waals surface area contributed by atoms with Crippen molar-refractivity contribution in [3.05, 3.63) is 0 Å². The number of rotatable bonds is 1. The first-order valence-corrected chi connectivity index (χ1v) is 8.24. The van der Waals surface area contributed by atoms with Gasteiger partial charge in [0.15, 0.2) is 12.9 Å². The van der Waals surface area contributed by atoms with Gasteiger partial charge in [0.05, 0.1) is 6.61 Å². The van der Waals surface area contributed by atoms with E-state index in [9.17, 15) is 4.79 Å². The van der Waals surface area contributed by atoms with Gasteiger partial charge in [0.25, 0.3) is 0 Å². The van der Waals surface area contributed by atoms with Crippen LogP contribution >= 0.6 is 104 Å². The number of carbonyl (C=O) groups excluding carboxylic acids is 1. The lowest BCUT2D eigenvalue weighted by Gasteiger charge is -1.89. The van der Waals surface area contributed by atoms with Crippen molar-refractivity contribution in [1.82, 2.24) is 0 Å². The van der Waals surface area contributed by atoms with E-state index in [1.807, 2.05) is 0 Å². The molecule has 0 unspecified atom stereocenters. The number of carbonyl (C=O) groups is 1. The zero-order chi connectivity index (χ0) is 17.7. The second kappa shape index (κ2) is 32.8. The molecule has 0 rings (SSSR count). The van der Waals surface area contributed by atoms with E-state index >= 15 is 0 Å². The minimum atomic E-state index is -0.750. The second-order valence-corrected chi connectivity index (χ2v) is 7.61. The van der Waals surface area contributed by atoms with Crippen LogP contribution < -0.4 is 0 Å². The Labute approximate surface area is 164 Å². The van der Waals surface area contributed by atoms with Gasteiger partial charge in [-0.15, -0.1) is 0 Å². The number of hydrogen-bond acceptors (Lipinski definition) is 3. The Kier molecular flexibility index (Phi) is 55.2. The highest BCUT2D eigenvalue weighted by Crippen LogP contribution is 2.04. The smallest absolute Gasteiger partial charge is 0.302 e. The molecule has 12 heteroatoms. The molecule has 0 aliphatic heterocycles. The van der Waals surface area contributed by atoms with Crippen LogP contribution in [0.1, 0.15) is 13.8 Å². The molecule has 0 spiro atoms. The van der Waals surface area contributed by atoms with Gasteiger partial charge >= 0.3 is 5.97 Å². The molecule has 0 aliphatic rings. The largest absolute Gasteiger partial charge is 0.466 e. The summed E-state index contributed by atoms with van der Waals surface area (Å²) in [6, 6.07) is 0. The minimum absolute atomic E-state index is 0.211. The topological polar surface area (TPSA) is 46.5 Å². The number of hydrogen-bond donors (Lipinski definition) is 1. The molecule has 0 aromatic carbocycles. The Bertz CT molecular complexity index is 136. The quantitative estimate of drug-likeness (QED) is 0.364. The van der Waals surface area contributed by atoms with E-state index in [1.165, 1.54) is 6.92 Å². The van der Waals surface area contributed by atoms with Gasteiger partial charge in [-0.3, -0.25) is 4.79 Å². The lowest BCUT2D eigenvalue weighted by Crippen LogP contribution is -1.95. The number of aliphatic hydroxyl groups is 1. The number of alkyl halides is 9. The molecule has 0 saturated carbocycles. The summed E-state index contributed by atoms with van der Waals surface area (Å²) >= 11 is 43.3. The maximum absolute atomic E-state index is 9.82. The molecule has 0 heterocycles. The first-order valence-electron chi connectivity index (χ1n) is 4.32. The Morgan fingerprint density at radius 1 is 0.850 bits per heavy atom. The summed E-state index contributed by atoms with van der Waals surface area (Å²) in [6.07, 6.45) is 0. The normalized spacial score (nSPS) is 8.00. The van der Waals surface area contributed by atoms with Gasteiger partial charge in [-0.05, 0) is 6.92 Å². The van der Waals surface area contributed by atoms with Gasteiger partial charge < -0.3 is 9.84 Å². The standard InChI is InChI=1S/C4H8O2.3CHCl3.CH4O/c1-3-6-4(2)5;3*2-1(3)4;1-2/h3H2,1-2H3;3*1H;2H,1H3. The highest BCUT2D eigenvalue weighted by atomic mass is 35.6. The van der Waals surface area contributed by atoms with Crippen molar-refractivity contribution in [1.29, 1.82) is 0 Å². The Morgan fingerprint density at radius 2 is 1.00 bits per heavy atom. The third-order valence-electron chi connectivity index (χ3n) is 0.348. The summed E-state index contributed by atoms with van der Waals surface area (Å²) in [5.74, 6) is -0.211. The van der Waals surface area contributed by atoms with Crippen molar-refractivity contribution < 1.29 is 14.6 Å². The van der Waals surface area contributed by atoms with E-state index in [-0.39, 0.29) is 5.97 Å². The van der Waals surface area contributed by atoms with Gasteiger partial charge in [-0.25, -0.2) is 0 Å². The fraction of sp³-hybridized carbons (Fsp3) is 0.875. The SMILES string of the molecule is CCOC(C)=O.CO.ClC(Cl)Cl.ClC(Cl)Cl.ClC(Cl)Cl. The van der Waals surface area contributed by atoms with Crippen LogP contribution in [0, 0.1) is 0 Å². The monoisotopic (exact) mass is 474 g/mol. The Hall–Kier alpha value is 2.04. The van der Waals surface area contributed by atoms with Crippen LogP contribution in [0.15, 0.2) is 0 Å². The van der Waals surface area contributed by atoms with Crippen LogP contribution in [0.5, 0.6) is 0 Å². The Balaban J connectivity index is -0.0000000488. The molecule has 1 N–H and O–H groups in total. The number of ether oxygens (including phenoxy) is 1. The first-order chi connectivity index (χ1) is 8.97. The van der Waals surface area contributed by atoms with Crippen molar-refractivity contribution in [2.24, 2.45) is 0 Å². The molecule has 0 fully saturated rings. The lowest BCUT2D eigenvalue weighted by molar-refractivity contribution is -0.140. The number of esters is 1. The van der Waals surface area contributed by atoms with Gasteiger partial charge in [0, 0.05) is 14.0 Å². The molecule has 128 valence electrons. The molecular weight excluding hydrogens is 463 g/mol. The maximum atomic E-state index is 9.82. The number of aliphatic hydroxyl groups excluding tert-OH is 1. The van der Waals surface area contributed by atoms with E-state index in [0.29, 0.717) is 6.61 Å². The fourth-order valence-electron chi connectivity index (χ4n) is 0.203. The summed E-state index contributed by atoms with van der Waals surface area (Å²) < 4.78 is 2.15. The molecule has 0 radical (unpaired) electrons. The number of halogens is 9. The average molecular weight is 478 g/mol. The summed E-state index contributed by atoms with van der Waals surface area (Å²) in [4.78, 5) is 9.82. The zero-order valence-corrected chi connectivity index (χ0v) is 17.4. The van der Waals surface area contributed by atoms with E-state index in [0.717, 1.165) is 7.11 Å². The molecule has 0 atom stereocenters. The molecule has 0 bridgehead atoms. The second-order valence-electron chi connectivity index (χ2n) is 1.67. The average Bonchev–Trinajstić information content (AvgIpc) is 2.17. The van der Waals surface area contributed by atoms with E-state index < -0.39 is 12.9 Å². The predicted octanol–water partition coefficient (Wildman–Crippen LogP) is 6.14. The van der Waals surface area contributed by atoms with Gasteiger partial charge in [0.2, 0.25) is 0 Å². The zero-order valence-electron chi connectivity index (χ0n) is 10.6. The molecule has 0 aliphatic carbocycles. The van der Waals surface area contributed by atoms with Crippen molar-refractivity contribution >= 4 is 110 Å². The molecule has 3 nitrogen and oxygen atoms in total. The first kappa shape index (κ1) is 33.6. The van der Waals surface area contributed by atoms with Crippen molar-refractivity contribution in [2.45, 2.75) is 26.7 Å². The third-order valence-corrected chi connectivity index (χ3v) is 0.348. The highest BCUT2D eigenvalue weighted by molar-refractivity contribution is 6.63. The lowest BCUT2D eigenvalue weighted by atomic mass is 10.8. The maximum Gasteiger partial charge on any atom is 0.302 e. The highest BCUT2D eigenvalue weighted by Gasteiger charge is 1.81. The van der Waals surface area contributed by atoms with Crippen LogP contribution in [0.4, 0.5) is 0 Å². The molecule has 0 aromatic rings. The molecule has 0 saturated heterocycles. The predicted molar refractivity (Wildman–Crippen MR) is 94.5 cm³/mol. The van der Waals surface area contributed by atoms with Crippen LogP contribution in [0.2, 0.25) is 0 Å². The van der Waals surface area contributed by atoms with E-state index in [2.05, 4.69) is 4.74 Å². The summed E-state index contributed by atoms with van der Waals surface area (Å²) in [5.41, 5.74) is 0. The summed E-state index contributed by atoms with van der Waals surface area (Å²) in [7, 11) is 1.00. The van der Waals surface area contributed by atoms with Crippen LogP contribution in [-0.2, 0) is 9.53 Å². The minimum Gasteiger partial charge on any atom is -0.466 e. The molecular formula is C8H15Cl9O3. The molecule has 0 amide bonds. The van der Waals surface area contributed by atoms with E-state index in [4.69, 9.17) is 110 Å². The Morgan fingerprint density at radius 3 is 1.00 bits per heavy atom. The third kappa shape index (κ3) is 286. The van der Waals surface area contributed by atoms with Crippen molar-refractivity contribution in [2.75, 3.05) is 13.7 Å². The van der Waals surface area contributed by atoms with Crippen LogP contribution in [-0.4, -0.2) is 37.7 Å². The van der Waals surface area contributed by atoms with E-state index in [1.54, 1.807) is 6.92 Å². The van der Waals surface area contributed by atoms with Gasteiger partial charge in [-0.2, -0.15) is 0 Å². The molecule has 20 heavy (non-hydrogen) atoms. The van der Waals surface area contributed by atoms with Gasteiger partial charge in [0.1, 0.15) is 0 Å². The summed E-state index contributed by atoms with van der Waals surface area (Å²) in [6.45, 7) is 3.65.